The number of nitrogens with zero attached hydrogens (tertiary/aromatic N) is 1. The Balaban J connectivity index is 1.92. The highest BCUT2D eigenvalue weighted by Crippen LogP contribution is 2.21. The molecule has 2 aromatic carbocycles. The van der Waals surface area contributed by atoms with Gasteiger partial charge in [0.25, 0.3) is 10.0 Å². The molecule has 0 saturated carbocycles. The number of rotatable bonds is 5. The fraction of sp³-hybridized carbons (Fsp3) is 0.0588. The maximum absolute atomic E-state index is 12.5. The molecule has 0 aliphatic heterocycles. The van der Waals surface area contributed by atoms with Gasteiger partial charge in [-0.25, -0.2) is 8.42 Å². The lowest BCUT2D eigenvalue weighted by Gasteiger charge is -2.12. The topological polar surface area (TPSA) is 68.2 Å². The Morgan fingerprint density at radius 2 is 1.58 bits per heavy atom. The highest BCUT2D eigenvalue weighted by molar-refractivity contribution is 7.92. The first kappa shape index (κ1) is 16.5. The predicted molar refractivity (Wildman–Crippen MR) is 95.4 cm³/mol. The van der Waals surface area contributed by atoms with Crippen molar-refractivity contribution in [2.24, 2.45) is 0 Å². The van der Waals surface area contributed by atoms with E-state index in [0.717, 1.165) is 10.6 Å². The second-order valence-corrected chi connectivity index (χ2v) is 8.19. The molecule has 0 fully saturated rings. The number of nitrogens with one attached hydrogen (secondary N) is 1. The van der Waals surface area contributed by atoms with Crippen molar-refractivity contribution in [2.75, 3.05) is 11.0 Å². The third kappa shape index (κ3) is 3.42. The van der Waals surface area contributed by atoms with E-state index in [2.05, 4.69) is 4.72 Å². The van der Waals surface area contributed by atoms with Gasteiger partial charge in [0, 0.05) is 33.8 Å². The summed E-state index contributed by atoms with van der Waals surface area (Å²) in [6.45, 7) is 0. The quantitative estimate of drug-likeness (QED) is 0.760. The smallest absolute Gasteiger partial charge is 0.263 e. The van der Waals surface area contributed by atoms with Crippen LogP contribution >= 0.6 is 0 Å². The third-order valence-electron chi connectivity index (χ3n) is 3.49. The Labute approximate surface area is 143 Å². The van der Waals surface area contributed by atoms with Crippen molar-refractivity contribution >= 4 is 26.6 Å². The van der Waals surface area contributed by atoms with Crippen LogP contribution in [0.2, 0.25) is 0 Å². The summed E-state index contributed by atoms with van der Waals surface area (Å²) in [6.07, 6.45) is 3.38. The number of sulfonamides is 1. The van der Waals surface area contributed by atoms with Crippen molar-refractivity contribution in [3.8, 4) is 5.69 Å². The minimum Gasteiger partial charge on any atom is -0.303 e. The van der Waals surface area contributed by atoms with E-state index in [1.54, 1.807) is 83.7 Å². The second-order valence-electron chi connectivity index (χ2n) is 5.13. The van der Waals surface area contributed by atoms with Crippen LogP contribution < -0.4 is 4.72 Å². The zero-order chi connectivity index (χ0) is 17.2. The van der Waals surface area contributed by atoms with E-state index >= 15 is 0 Å². The molecule has 0 saturated heterocycles. The van der Waals surface area contributed by atoms with Crippen LogP contribution in [0.1, 0.15) is 0 Å². The third-order valence-corrected chi connectivity index (χ3v) is 5.79. The van der Waals surface area contributed by atoms with E-state index in [1.165, 1.54) is 0 Å². The molecule has 5 nitrogen and oxygen atoms in total. The molecule has 1 unspecified atom stereocenters. The monoisotopic (exact) mass is 360 g/mol. The Kier molecular flexibility index (Phi) is 4.55. The van der Waals surface area contributed by atoms with Crippen LogP contribution in [0.25, 0.3) is 5.69 Å². The molecule has 0 radical (unpaired) electrons. The van der Waals surface area contributed by atoms with E-state index in [0.29, 0.717) is 5.82 Å². The van der Waals surface area contributed by atoms with Crippen LogP contribution in [-0.2, 0) is 20.8 Å². The molecule has 1 N–H and O–H groups in total. The molecule has 7 heteroatoms. The van der Waals surface area contributed by atoms with Crippen molar-refractivity contribution in [1.82, 2.24) is 4.57 Å². The Bertz CT molecular complexity index is 963. The number of benzene rings is 2. The van der Waals surface area contributed by atoms with Crippen LogP contribution in [0.15, 0.2) is 82.7 Å². The largest absolute Gasteiger partial charge is 0.303 e. The first-order valence-corrected chi connectivity index (χ1v) is 10.2. The lowest BCUT2D eigenvalue weighted by atomic mass is 10.3. The van der Waals surface area contributed by atoms with Gasteiger partial charge in [-0.15, -0.1) is 0 Å². The molecule has 3 rings (SSSR count). The molecule has 124 valence electrons. The summed E-state index contributed by atoms with van der Waals surface area (Å²) in [5.74, 6) is 0.434. The summed E-state index contributed by atoms with van der Waals surface area (Å²) in [7, 11) is -4.71. The molecular weight excluding hydrogens is 344 g/mol. The van der Waals surface area contributed by atoms with Crippen LogP contribution in [0, 0.1) is 0 Å². The highest BCUT2D eigenvalue weighted by atomic mass is 32.2. The molecule has 24 heavy (non-hydrogen) atoms. The maximum Gasteiger partial charge on any atom is 0.263 e. The van der Waals surface area contributed by atoms with Crippen molar-refractivity contribution in [3.05, 3.63) is 72.9 Å². The number of aromatic nitrogens is 1. The van der Waals surface area contributed by atoms with Crippen molar-refractivity contribution < 1.29 is 12.6 Å². The standard InChI is InChI=1S/C17H16N2O3S2/c1-23(20)15-11-9-14(10-12-15)19-13-5-8-17(19)18-24(21,22)16-6-3-2-4-7-16/h2-13,18H,1H3. The first-order chi connectivity index (χ1) is 11.5. The van der Waals surface area contributed by atoms with E-state index in [4.69, 9.17) is 0 Å². The minimum atomic E-state index is -3.65. The lowest BCUT2D eigenvalue weighted by molar-refractivity contribution is 0.601. The molecule has 3 aromatic rings. The summed E-state index contributed by atoms with van der Waals surface area (Å²) < 4.78 is 40.7. The average molecular weight is 360 g/mol. The number of anilines is 1. The molecule has 0 aliphatic rings. The van der Waals surface area contributed by atoms with Crippen LogP contribution in [0.5, 0.6) is 0 Å². The average Bonchev–Trinajstić information content (AvgIpc) is 3.03. The van der Waals surface area contributed by atoms with Gasteiger partial charge in [-0.2, -0.15) is 0 Å². The van der Waals surface area contributed by atoms with Gasteiger partial charge >= 0.3 is 0 Å². The van der Waals surface area contributed by atoms with Gasteiger partial charge < -0.3 is 4.57 Å². The molecule has 1 atom stereocenters. The summed E-state index contributed by atoms with van der Waals surface area (Å²) in [5.41, 5.74) is 0.778. The SMILES string of the molecule is CS(=O)c1ccc(-n2cccc2NS(=O)(=O)c2ccccc2)cc1. The summed E-state index contributed by atoms with van der Waals surface area (Å²) >= 11 is 0. The van der Waals surface area contributed by atoms with Gasteiger partial charge in [0.15, 0.2) is 0 Å². The van der Waals surface area contributed by atoms with Crippen LogP contribution in [0.3, 0.4) is 0 Å². The zero-order valence-corrected chi connectivity index (χ0v) is 14.5. The van der Waals surface area contributed by atoms with Crippen LogP contribution in [-0.4, -0.2) is 23.4 Å². The highest BCUT2D eigenvalue weighted by Gasteiger charge is 2.16. The zero-order valence-electron chi connectivity index (χ0n) is 12.9. The van der Waals surface area contributed by atoms with Crippen LogP contribution in [0.4, 0.5) is 5.82 Å². The fourth-order valence-electron chi connectivity index (χ4n) is 2.28. The van der Waals surface area contributed by atoms with Crippen molar-refractivity contribution in [2.45, 2.75) is 9.79 Å². The maximum atomic E-state index is 12.5. The summed E-state index contributed by atoms with van der Waals surface area (Å²) in [4.78, 5) is 0.923. The predicted octanol–water partition coefficient (Wildman–Crippen LogP) is 3.02. The molecule has 0 aliphatic carbocycles. The number of hydrogen-bond donors (Lipinski definition) is 1. The summed E-state index contributed by atoms with van der Waals surface area (Å²) in [6, 6.07) is 18.8. The lowest BCUT2D eigenvalue weighted by Crippen LogP contribution is -2.15. The van der Waals surface area contributed by atoms with Gasteiger partial charge in [-0.1, -0.05) is 18.2 Å². The minimum absolute atomic E-state index is 0.203. The van der Waals surface area contributed by atoms with Gasteiger partial charge in [0.05, 0.1) is 4.90 Å². The van der Waals surface area contributed by atoms with Gasteiger partial charge in [-0.3, -0.25) is 8.93 Å². The van der Waals surface area contributed by atoms with Crippen molar-refractivity contribution in [1.29, 1.82) is 0 Å². The van der Waals surface area contributed by atoms with Gasteiger partial charge in [0.1, 0.15) is 5.82 Å². The molecule has 0 bridgehead atoms. The molecule has 1 aromatic heterocycles. The first-order valence-electron chi connectivity index (χ1n) is 7.16. The van der Waals surface area contributed by atoms with E-state index in [-0.39, 0.29) is 4.90 Å². The van der Waals surface area contributed by atoms with E-state index < -0.39 is 20.8 Å². The Morgan fingerprint density at radius 3 is 2.21 bits per heavy atom. The molecule has 1 heterocycles. The second kappa shape index (κ2) is 6.62. The van der Waals surface area contributed by atoms with E-state index in [1.807, 2.05) is 0 Å². The summed E-state index contributed by atoms with van der Waals surface area (Å²) in [5, 5.41) is 0. The normalized spacial score (nSPS) is 12.7. The van der Waals surface area contributed by atoms with E-state index in [9.17, 15) is 12.6 Å². The fourth-order valence-corrected chi connectivity index (χ4v) is 3.88. The molecular formula is C17H16N2O3S2. The molecule has 0 spiro atoms. The van der Waals surface area contributed by atoms with Gasteiger partial charge in [-0.05, 0) is 48.5 Å². The Morgan fingerprint density at radius 1 is 0.917 bits per heavy atom. The number of hydrogen-bond acceptors (Lipinski definition) is 3. The Hall–Kier alpha value is -2.38. The van der Waals surface area contributed by atoms with Gasteiger partial charge in [0.2, 0.25) is 0 Å². The molecule has 0 amide bonds. The van der Waals surface area contributed by atoms with Crippen molar-refractivity contribution in [3.63, 3.8) is 0 Å².